The Kier molecular flexibility index (Phi) is 6.74. The lowest BCUT2D eigenvalue weighted by Gasteiger charge is -2.57. The van der Waals surface area contributed by atoms with Gasteiger partial charge in [-0.3, -0.25) is 4.79 Å². The molecule has 176 valence electrons. The highest BCUT2D eigenvalue weighted by atomic mass is 32.2. The van der Waals surface area contributed by atoms with E-state index in [2.05, 4.69) is 37.3 Å². The summed E-state index contributed by atoms with van der Waals surface area (Å²) in [6, 6.07) is 15.1. The number of rotatable bonds is 9. The number of methoxy groups -OCH3 is 1. The summed E-state index contributed by atoms with van der Waals surface area (Å²) in [7, 11) is 1.82. The predicted octanol–water partition coefficient (Wildman–Crippen LogP) is 7.20. The van der Waals surface area contributed by atoms with Gasteiger partial charge in [0.05, 0.1) is 20.1 Å². The number of esters is 1. The van der Waals surface area contributed by atoms with Crippen LogP contribution in [0.2, 0.25) is 0 Å². The zero-order chi connectivity index (χ0) is 22.8. The summed E-state index contributed by atoms with van der Waals surface area (Å²) >= 11 is 1.80. The van der Waals surface area contributed by atoms with Crippen LogP contribution in [-0.4, -0.2) is 19.7 Å². The molecule has 4 saturated carbocycles. The predicted molar refractivity (Wildman–Crippen MR) is 133 cm³/mol. The van der Waals surface area contributed by atoms with Gasteiger partial charge in [-0.15, -0.1) is 0 Å². The van der Waals surface area contributed by atoms with Gasteiger partial charge in [-0.2, -0.15) is 0 Å². The van der Waals surface area contributed by atoms with Crippen LogP contribution >= 0.6 is 11.8 Å². The van der Waals surface area contributed by atoms with Gasteiger partial charge in [0, 0.05) is 15.4 Å². The molecule has 4 bridgehead atoms. The Hall–Kier alpha value is -1.94. The molecular formula is C29H36O3S. The van der Waals surface area contributed by atoms with Crippen LogP contribution in [0, 0.1) is 17.8 Å². The molecule has 0 unspecified atom stereocenters. The van der Waals surface area contributed by atoms with Gasteiger partial charge >= 0.3 is 5.97 Å². The van der Waals surface area contributed by atoms with Crippen molar-refractivity contribution in [2.45, 2.75) is 79.9 Å². The number of carbonyl (C=O) groups excluding carboxylic acids is 1. The monoisotopic (exact) mass is 464 g/mol. The Morgan fingerprint density at radius 3 is 2.21 bits per heavy atom. The first-order valence-electron chi connectivity index (χ1n) is 12.7. The largest absolute Gasteiger partial charge is 0.496 e. The molecule has 2 aromatic carbocycles. The highest BCUT2D eigenvalue weighted by Crippen LogP contribution is 2.62. The molecule has 0 N–H and O–H groups in total. The fourth-order valence-electron chi connectivity index (χ4n) is 6.97. The highest BCUT2D eigenvalue weighted by Gasteiger charge is 2.52. The minimum absolute atomic E-state index is 0.140. The van der Waals surface area contributed by atoms with E-state index in [1.807, 2.05) is 19.2 Å². The van der Waals surface area contributed by atoms with Crippen molar-refractivity contribution in [3.63, 3.8) is 0 Å². The normalized spacial score (nSPS) is 27.5. The smallest absolute Gasteiger partial charge is 0.310 e. The SMILES string of the molecule is CCCCOC(=O)Cc1ccc(Sc2ccc(OC)c(C34CC5CC(CC(C5)C3)C4)c2)cc1. The lowest BCUT2D eigenvalue weighted by atomic mass is 9.48. The lowest BCUT2D eigenvalue weighted by Crippen LogP contribution is -2.48. The summed E-state index contributed by atoms with van der Waals surface area (Å²) in [5, 5.41) is 0. The van der Waals surface area contributed by atoms with Gasteiger partial charge in [-0.1, -0.05) is 37.2 Å². The van der Waals surface area contributed by atoms with Gasteiger partial charge in [-0.05, 0) is 104 Å². The average molecular weight is 465 g/mol. The third-order valence-electron chi connectivity index (χ3n) is 8.05. The molecule has 4 aliphatic rings. The van der Waals surface area contributed by atoms with E-state index in [1.165, 1.54) is 53.9 Å². The number of hydrogen-bond acceptors (Lipinski definition) is 4. The third-order valence-corrected chi connectivity index (χ3v) is 9.05. The lowest BCUT2D eigenvalue weighted by molar-refractivity contribution is -0.142. The number of ether oxygens (including phenoxy) is 2. The van der Waals surface area contributed by atoms with Gasteiger partial charge < -0.3 is 9.47 Å². The van der Waals surface area contributed by atoms with Crippen LogP contribution in [-0.2, 0) is 21.4 Å². The molecule has 0 amide bonds. The molecule has 0 aromatic heterocycles. The molecule has 0 aliphatic heterocycles. The third kappa shape index (κ3) is 4.96. The van der Waals surface area contributed by atoms with E-state index in [4.69, 9.17) is 9.47 Å². The van der Waals surface area contributed by atoms with Crippen LogP contribution in [0.25, 0.3) is 0 Å². The molecule has 0 saturated heterocycles. The van der Waals surface area contributed by atoms with Crippen molar-refractivity contribution in [1.29, 1.82) is 0 Å². The summed E-state index contributed by atoms with van der Waals surface area (Å²) in [4.78, 5) is 14.5. The van der Waals surface area contributed by atoms with Gasteiger partial charge in [0.1, 0.15) is 5.75 Å². The van der Waals surface area contributed by atoms with E-state index in [1.54, 1.807) is 11.8 Å². The summed E-state index contributed by atoms with van der Waals surface area (Å²) in [6.07, 6.45) is 10.7. The molecule has 4 heteroatoms. The Morgan fingerprint density at radius 2 is 1.61 bits per heavy atom. The maximum Gasteiger partial charge on any atom is 0.310 e. The standard InChI is InChI=1S/C29H36O3S/c1-3-4-11-32-28(30)15-20-5-7-24(8-6-20)33-25-9-10-27(31-2)26(16-25)29-17-21-12-22(18-29)14-23(13-21)19-29/h5-10,16,21-23H,3-4,11-15,17-19H2,1-2H3. The topological polar surface area (TPSA) is 35.5 Å². The van der Waals surface area contributed by atoms with Crippen molar-refractivity contribution in [3.8, 4) is 5.75 Å². The number of benzene rings is 2. The van der Waals surface area contributed by atoms with Crippen LogP contribution < -0.4 is 4.74 Å². The summed E-state index contributed by atoms with van der Waals surface area (Å²) in [5.41, 5.74) is 2.77. The number of unbranched alkanes of at least 4 members (excludes halogenated alkanes) is 1. The molecule has 0 atom stereocenters. The van der Waals surface area contributed by atoms with E-state index in [9.17, 15) is 4.79 Å². The van der Waals surface area contributed by atoms with Crippen molar-refractivity contribution < 1.29 is 14.3 Å². The number of hydrogen-bond donors (Lipinski definition) is 0. The molecule has 33 heavy (non-hydrogen) atoms. The molecule has 4 fully saturated rings. The van der Waals surface area contributed by atoms with Crippen molar-refractivity contribution >= 4 is 17.7 Å². The van der Waals surface area contributed by atoms with Crippen molar-refractivity contribution in [2.24, 2.45) is 17.8 Å². The fourth-order valence-corrected chi connectivity index (χ4v) is 7.82. The first-order valence-corrected chi connectivity index (χ1v) is 13.5. The molecule has 0 radical (unpaired) electrons. The van der Waals surface area contributed by atoms with Gasteiger partial charge in [0.2, 0.25) is 0 Å². The van der Waals surface area contributed by atoms with Crippen LogP contribution in [0.1, 0.15) is 69.4 Å². The molecular weight excluding hydrogens is 428 g/mol. The second-order valence-electron chi connectivity index (χ2n) is 10.6. The Bertz CT molecular complexity index is 946. The Balaban J connectivity index is 1.29. The van der Waals surface area contributed by atoms with Crippen LogP contribution in [0.3, 0.4) is 0 Å². The quantitative estimate of drug-likeness (QED) is 0.290. The minimum Gasteiger partial charge on any atom is -0.496 e. The van der Waals surface area contributed by atoms with Gasteiger partial charge in [0.25, 0.3) is 0 Å². The van der Waals surface area contributed by atoms with Gasteiger partial charge in [-0.25, -0.2) is 0 Å². The van der Waals surface area contributed by atoms with E-state index in [0.717, 1.165) is 41.9 Å². The molecule has 0 spiro atoms. The van der Waals surface area contributed by atoms with E-state index >= 15 is 0 Å². The van der Waals surface area contributed by atoms with E-state index in [0.29, 0.717) is 18.4 Å². The fraction of sp³-hybridized carbons (Fsp3) is 0.552. The molecule has 6 rings (SSSR count). The Labute approximate surface area is 202 Å². The molecule has 3 nitrogen and oxygen atoms in total. The van der Waals surface area contributed by atoms with Crippen molar-refractivity contribution in [2.75, 3.05) is 13.7 Å². The highest BCUT2D eigenvalue weighted by molar-refractivity contribution is 7.99. The van der Waals surface area contributed by atoms with Crippen molar-refractivity contribution in [3.05, 3.63) is 53.6 Å². The first kappa shape index (κ1) is 22.8. The maximum absolute atomic E-state index is 12.0. The summed E-state index contributed by atoms with van der Waals surface area (Å²) < 4.78 is 11.2. The molecule has 2 aromatic rings. The zero-order valence-electron chi connectivity index (χ0n) is 20.0. The zero-order valence-corrected chi connectivity index (χ0v) is 20.8. The van der Waals surface area contributed by atoms with Crippen LogP contribution in [0.15, 0.2) is 52.3 Å². The molecule has 0 heterocycles. The van der Waals surface area contributed by atoms with Gasteiger partial charge in [0.15, 0.2) is 0 Å². The minimum atomic E-state index is -0.140. The second kappa shape index (κ2) is 9.74. The van der Waals surface area contributed by atoms with Crippen molar-refractivity contribution in [1.82, 2.24) is 0 Å². The van der Waals surface area contributed by atoms with Crippen LogP contribution in [0.5, 0.6) is 5.75 Å². The van der Waals surface area contributed by atoms with Crippen LogP contribution in [0.4, 0.5) is 0 Å². The molecule has 4 aliphatic carbocycles. The summed E-state index contributed by atoms with van der Waals surface area (Å²) in [5.74, 6) is 3.67. The average Bonchev–Trinajstić information content (AvgIpc) is 2.80. The summed E-state index contributed by atoms with van der Waals surface area (Å²) in [6.45, 7) is 2.62. The number of carbonyl (C=O) groups is 1. The maximum atomic E-state index is 12.0. The van der Waals surface area contributed by atoms with E-state index in [-0.39, 0.29) is 5.97 Å². The van der Waals surface area contributed by atoms with E-state index < -0.39 is 0 Å². The first-order chi connectivity index (χ1) is 16.1. The second-order valence-corrected chi connectivity index (χ2v) is 11.7. The Morgan fingerprint density at radius 1 is 0.970 bits per heavy atom.